The lowest BCUT2D eigenvalue weighted by molar-refractivity contribution is -0.121. The maximum atomic E-state index is 13.0. The number of nitriles is 1. The molecule has 2 heterocycles. The molecule has 2 aromatic rings. The Morgan fingerprint density at radius 2 is 1.83 bits per heavy atom. The number of nitrogens with zero attached hydrogens (tertiary/aromatic N) is 3. The van der Waals surface area contributed by atoms with Gasteiger partial charge in [-0.2, -0.15) is 5.26 Å². The molecule has 1 atom stereocenters. The highest BCUT2D eigenvalue weighted by molar-refractivity contribution is 14.1. The predicted molar refractivity (Wildman–Crippen MR) is 121 cm³/mol. The van der Waals surface area contributed by atoms with E-state index in [0.29, 0.717) is 16.3 Å². The van der Waals surface area contributed by atoms with E-state index in [1.54, 1.807) is 12.1 Å². The summed E-state index contributed by atoms with van der Waals surface area (Å²) in [5.41, 5.74) is 3.29. The molecule has 0 bridgehead atoms. The zero-order valence-electron chi connectivity index (χ0n) is 15.9. The number of hydrogen-bond acceptors (Lipinski definition) is 5. The first-order chi connectivity index (χ1) is 14.1. The van der Waals surface area contributed by atoms with Gasteiger partial charge in [0.25, 0.3) is 0 Å². The van der Waals surface area contributed by atoms with E-state index in [4.69, 9.17) is 4.98 Å². The lowest BCUT2D eigenvalue weighted by Crippen LogP contribution is -2.31. The molecule has 1 unspecified atom stereocenters. The van der Waals surface area contributed by atoms with Crippen LogP contribution in [0.3, 0.4) is 0 Å². The molecule has 0 N–H and O–H groups in total. The van der Waals surface area contributed by atoms with Crippen LogP contribution in [0.2, 0.25) is 0 Å². The Labute approximate surface area is 188 Å². The molecule has 7 heteroatoms. The highest BCUT2D eigenvalue weighted by Gasteiger charge is 2.40. The molecule has 2 aliphatic rings. The lowest BCUT2D eigenvalue weighted by atomic mass is 9.96. The van der Waals surface area contributed by atoms with E-state index in [9.17, 15) is 14.9 Å². The van der Waals surface area contributed by atoms with Crippen LogP contribution >= 0.6 is 34.4 Å². The number of carbonyl (C=O) groups is 2. The summed E-state index contributed by atoms with van der Waals surface area (Å²) in [6, 6.07) is 11.5. The Hall–Kier alpha value is -1.92. The van der Waals surface area contributed by atoms with Gasteiger partial charge in [-0.05, 0) is 84.2 Å². The molecule has 0 saturated carbocycles. The second-order valence-electron chi connectivity index (χ2n) is 7.33. The summed E-state index contributed by atoms with van der Waals surface area (Å²) >= 11 is 3.44. The number of hydrogen-bond donors (Lipinski definition) is 0. The standard InChI is InChI=1S/C22H20IN3O2S/c23-16-7-9-17(10-8-16)26-20(27)12-19(22(26)28)29-21-15(13-24)11-14-5-3-1-2-4-6-18(14)25-21/h7-11,19H,1-6,12H2. The number of benzene rings is 1. The van der Waals surface area contributed by atoms with Gasteiger partial charge in [-0.25, -0.2) is 9.88 Å². The zero-order chi connectivity index (χ0) is 20.4. The van der Waals surface area contributed by atoms with E-state index >= 15 is 0 Å². The number of aromatic nitrogens is 1. The fourth-order valence-electron chi connectivity index (χ4n) is 3.83. The molecular formula is C22H20IN3O2S. The van der Waals surface area contributed by atoms with E-state index in [-0.39, 0.29) is 18.2 Å². The van der Waals surface area contributed by atoms with E-state index in [0.717, 1.165) is 40.5 Å². The molecule has 1 aliphatic heterocycles. The Morgan fingerprint density at radius 3 is 2.55 bits per heavy atom. The fraction of sp³-hybridized carbons (Fsp3) is 0.364. The third-order valence-electron chi connectivity index (χ3n) is 5.33. The maximum Gasteiger partial charge on any atom is 0.247 e. The quantitative estimate of drug-likeness (QED) is 0.438. The van der Waals surface area contributed by atoms with Gasteiger partial charge in [0.1, 0.15) is 11.1 Å². The minimum absolute atomic E-state index is 0.124. The highest BCUT2D eigenvalue weighted by Crippen LogP contribution is 2.36. The SMILES string of the molecule is N#Cc1cc2c(nc1SC1CC(=O)N(c3ccc(I)cc3)C1=O)CCCCCC2. The Bertz CT molecular complexity index is 1000. The lowest BCUT2D eigenvalue weighted by Gasteiger charge is -2.17. The summed E-state index contributed by atoms with van der Waals surface area (Å²) in [7, 11) is 0. The number of rotatable bonds is 3. The zero-order valence-corrected chi connectivity index (χ0v) is 18.8. The molecule has 0 spiro atoms. The number of carbonyl (C=O) groups excluding carboxylic acids is 2. The summed E-state index contributed by atoms with van der Waals surface area (Å²) in [5.74, 6) is -0.447. The summed E-state index contributed by atoms with van der Waals surface area (Å²) in [6.07, 6.45) is 6.60. The molecule has 29 heavy (non-hydrogen) atoms. The number of pyridine rings is 1. The number of thioether (sulfide) groups is 1. The fourth-order valence-corrected chi connectivity index (χ4v) is 5.29. The first-order valence-electron chi connectivity index (χ1n) is 9.78. The van der Waals surface area contributed by atoms with Gasteiger partial charge in [-0.1, -0.05) is 24.6 Å². The van der Waals surface area contributed by atoms with Crippen molar-refractivity contribution in [1.29, 1.82) is 5.26 Å². The molecule has 1 saturated heterocycles. The van der Waals surface area contributed by atoms with Gasteiger partial charge >= 0.3 is 0 Å². The van der Waals surface area contributed by atoms with Crippen molar-refractivity contribution in [3.05, 3.63) is 50.7 Å². The number of halogens is 1. The number of fused-ring (bicyclic) bond motifs is 1. The molecule has 1 fully saturated rings. The van der Waals surface area contributed by atoms with Gasteiger partial charge in [-0.15, -0.1) is 0 Å². The molecule has 1 aromatic heterocycles. The molecule has 148 valence electrons. The summed E-state index contributed by atoms with van der Waals surface area (Å²) in [4.78, 5) is 31.5. The third kappa shape index (κ3) is 4.33. The topological polar surface area (TPSA) is 74.1 Å². The summed E-state index contributed by atoms with van der Waals surface area (Å²) in [5, 5.41) is 9.65. The smallest absolute Gasteiger partial charge is 0.247 e. The third-order valence-corrected chi connectivity index (χ3v) is 7.24. The van der Waals surface area contributed by atoms with Crippen molar-refractivity contribution in [3.63, 3.8) is 0 Å². The first-order valence-corrected chi connectivity index (χ1v) is 11.7. The van der Waals surface area contributed by atoms with Crippen molar-refractivity contribution >= 4 is 51.9 Å². The molecule has 4 rings (SSSR count). The minimum Gasteiger partial charge on any atom is -0.274 e. The van der Waals surface area contributed by atoms with E-state index in [1.807, 2.05) is 18.2 Å². The largest absolute Gasteiger partial charge is 0.274 e. The number of aryl methyl sites for hydroxylation is 2. The average molecular weight is 517 g/mol. The number of imide groups is 1. The van der Waals surface area contributed by atoms with Gasteiger partial charge in [0.2, 0.25) is 11.8 Å². The van der Waals surface area contributed by atoms with Crippen molar-refractivity contribution in [1.82, 2.24) is 4.98 Å². The Kier molecular flexibility index (Phi) is 6.20. The van der Waals surface area contributed by atoms with Crippen molar-refractivity contribution in [2.75, 3.05) is 4.90 Å². The molecule has 1 aromatic carbocycles. The average Bonchev–Trinajstić information content (AvgIpc) is 2.97. The van der Waals surface area contributed by atoms with Crippen LogP contribution < -0.4 is 4.90 Å². The van der Waals surface area contributed by atoms with Crippen LogP contribution in [0.1, 0.15) is 48.9 Å². The number of amides is 2. The van der Waals surface area contributed by atoms with Crippen LogP contribution in [0.5, 0.6) is 0 Å². The molecule has 5 nitrogen and oxygen atoms in total. The van der Waals surface area contributed by atoms with E-state index in [2.05, 4.69) is 28.7 Å². The second-order valence-corrected chi connectivity index (χ2v) is 9.76. The van der Waals surface area contributed by atoms with E-state index < -0.39 is 5.25 Å². The van der Waals surface area contributed by atoms with Crippen molar-refractivity contribution in [2.24, 2.45) is 0 Å². The number of anilines is 1. The van der Waals surface area contributed by atoms with Crippen LogP contribution in [0, 0.1) is 14.9 Å². The Balaban J connectivity index is 1.59. The van der Waals surface area contributed by atoms with Crippen LogP contribution in [-0.2, 0) is 22.4 Å². The first kappa shape index (κ1) is 20.4. The van der Waals surface area contributed by atoms with Crippen molar-refractivity contribution in [2.45, 2.75) is 55.2 Å². The molecule has 0 radical (unpaired) electrons. The maximum absolute atomic E-state index is 13.0. The molecular weight excluding hydrogens is 497 g/mol. The van der Waals surface area contributed by atoms with Crippen molar-refractivity contribution < 1.29 is 9.59 Å². The van der Waals surface area contributed by atoms with Crippen LogP contribution in [0.25, 0.3) is 0 Å². The monoisotopic (exact) mass is 517 g/mol. The van der Waals surface area contributed by atoms with Crippen LogP contribution in [0.15, 0.2) is 35.4 Å². The minimum atomic E-state index is -0.548. The summed E-state index contributed by atoms with van der Waals surface area (Å²) in [6.45, 7) is 0. The molecule has 1 aliphatic carbocycles. The van der Waals surface area contributed by atoms with Crippen LogP contribution in [-0.4, -0.2) is 22.0 Å². The van der Waals surface area contributed by atoms with Crippen LogP contribution in [0.4, 0.5) is 5.69 Å². The van der Waals surface area contributed by atoms with Gasteiger partial charge in [0.05, 0.1) is 16.5 Å². The normalized spacial score (nSPS) is 19.4. The predicted octanol–water partition coefficient (Wildman–Crippen LogP) is 4.64. The second kappa shape index (κ2) is 8.84. The molecule has 2 amide bonds. The Morgan fingerprint density at radius 1 is 1.10 bits per heavy atom. The van der Waals surface area contributed by atoms with Gasteiger partial charge in [0.15, 0.2) is 0 Å². The summed E-state index contributed by atoms with van der Waals surface area (Å²) < 4.78 is 1.04. The van der Waals surface area contributed by atoms with Gasteiger partial charge in [0, 0.05) is 15.7 Å². The van der Waals surface area contributed by atoms with E-state index in [1.165, 1.54) is 29.5 Å². The van der Waals surface area contributed by atoms with Crippen molar-refractivity contribution in [3.8, 4) is 6.07 Å². The van der Waals surface area contributed by atoms with Gasteiger partial charge < -0.3 is 0 Å². The highest BCUT2D eigenvalue weighted by atomic mass is 127. The van der Waals surface area contributed by atoms with Gasteiger partial charge in [-0.3, -0.25) is 9.59 Å².